The summed E-state index contributed by atoms with van der Waals surface area (Å²) >= 11 is 0. The van der Waals surface area contributed by atoms with E-state index in [2.05, 4.69) is 5.32 Å². The molecule has 3 nitrogen and oxygen atoms in total. The topological polar surface area (TPSA) is 49.3 Å². The number of alkyl halides is 2. The molecule has 1 aliphatic rings. The Morgan fingerprint density at radius 1 is 0.966 bits per heavy atom. The first-order valence-corrected chi connectivity index (χ1v) is 9.56. The Morgan fingerprint density at radius 2 is 1.69 bits per heavy atom. The highest BCUT2D eigenvalue weighted by Crippen LogP contribution is 2.32. The van der Waals surface area contributed by atoms with Crippen molar-refractivity contribution in [2.45, 2.75) is 32.1 Å². The molecule has 3 aromatic rings. The summed E-state index contributed by atoms with van der Waals surface area (Å²) in [5.41, 5.74) is 4.63. The lowest BCUT2D eigenvalue weighted by atomic mass is 9.96. The van der Waals surface area contributed by atoms with Gasteiger partial charge >= 0.3 is 0 Å². The molecule has 0 atom stereocenters. The summed E-state index contributed by atoms with van der Waals surface area (Å²) in [5.74, 6) is -3.33. The second kappa shape index (κ2) is 7.32. The van der Waals surface area contributed by atoms with Crippen molar-refractivity contribution < 1.29 is 18.7 Å². The van der Waals surface area contributed by atoms with Gasteiger partial charge in [-0.25, -0.2) is 8.78 Å². The van der Waals surface area contributed by atoms with Gasteiger partial charge in [0.05, 0.1) is 5.56 Å². The number of rotatable bonds is 4. The van der Waals surface area contributed by atoms with Gasteiger partial charge in [-0.05, 0) is 71.8 Å². The average molecular weight is 393 g/mol. The fraction of sp³-hybridized carbons (Fsp3) is 0.208. The predicted molar refractivity (Wildman–Crippen MR) is 110 cm³/mol. The normalized spacial score (nSPS) is 13.2. The molecule has 0 aliphatic heterocycles. The highest BCUT2D eigenvalue weighted by atomic mass is 19.3. The molecule has 0 radical (unpaired) electrons. The smallest absolute Gasteiger partial charge is 0.270 e. The van der Waals surface area contributed by atoms with Crippen LogP contribution < -0.4 is 5.32 Å². The summed E-state index contributed by atoms with van der Waals surface area (Å²) in [5, 5.41) is 12.8. The van der Waals surface area contributed by atoms with Crippen LogP contribution in [0.3, 0.4) is 0 Å². The van der Waals surface area contributed by atoms with Gasteiger partial charge in [0.1, 0.15) is 5.75 Å². The number of amides is 1. The molecule has 5 heteroatoms. The maximum Gasteiger partial charge on any atom is 0.270 e. The van der Waals surface area contributed by atoms with Gasteiger partial charge in [-0.1, -0.05) is 30.3 Å². The SMILES string of the molecule is CC(F)(F)c1ccc(-c2ccc(O)cc2C(=O)Nc2ccc3c(c2)CCC3)cc1. The monoisotopic (exact) mass is 393 g/mol. The Hall–Kier alpha value is -3.21. The summed E-state index contributed by atoms with van der Waals surface area (Å²) < 4.78 is 27.0. The van der Waals surface area contributed by atoms with E-state index in [1.807, 2.05) is 18.2 Å². The van der Waals surface area contributed by atoms with E-state index in [0.29, 0.717) is 16.8 Å². The molecule has 0 bridgehead atoms. The first-order valence-electron chi connectivity index (χ1n) is 9.56. The second-order valence-corrected chi connectivity index (χ2v) is 7.49. The van der Waals surface area contributed by atoms with Crippen molar-refractivity contribution in [3.8, 4) is 16.9 Å². The Bertz CT molecular complexity index is 1070. The molecule has 148 valence electrons. The first kappa shape index (κ1) is 19.1. The van der Waals surface area contributed by atoms with Crippen LogP contribution in [-0.2, 0) is 18.8 Å². The van der Waals surface area contributed by atoms with Crippen molar-refractivity contribution >= 4 is 11.6 Å². The van der Waals surface area contributed by atoms with Crippen LogP contribution in [0.5, 0.6) is 5.75 Å². The van der Waals surface area contributed by atoms with Gasteiger partial charge in [0.2, 0.25) is 0 Å². The van der Waals surface area contributed by atoms with E-state index in [9.17, 15) is 18.7 Å². The molecular formula is C24H21F2NO2. The lowest BCUT2D eigenvalue weighted by Gasteiger charge is -2.14. The third kappa shape index (κ3) is 3.99. The fourth-order valence-corrected chi connectivity index (χ4v) is 3.76. The average Bonchev–Trinajstić information content (AvgIpc) is 3.15. The van der Waals surface area contributed by atoms with E-state index >= 15 is 0 Å². The van der Waals surface area contributed by atoms with Gasteiger partial charge < -0.3 is 10.4 Å². The number of benzene rings is 3. The van der Waals surface area contributed by atoms with Crippen molar-refractivity contribution in [2.75, 3.05) is 5.32 Å². The van der Waals surface area contributed by atoms with Crippen molar-refractivity contribution in [1.29, 1.82) is 0 Å². The maximum atomic E-state index is 13.5. The van der Waals surface area contributed by atoms with Gasteiger partial charge in [0, 0.05) is 18.2 Å². The summed E-state index contributed by atoms with van der Waals surface area (Å²) in [6.45, 7) is 0.845. The number of carbonyl (C=O) groups excluding carboxylic acids is 1. The number of anilines is 1. The second-order valence-electron chi connectivity index (χ2n) is 7.49. The van der Waals surface area contributed by atoms with Crippen LogP contribution in [0, 0.1) is 0 Å². The summed E-state index contributed by atoms with van der Waals surface area (Å²) in [7, 11) is 0. The summed E-state index contributed by atoms with van der Waals surface area (Å²) in [6, 6.07) is 16.2. The van der Waals surface area contributed by atoms with Crippen molar-refractivity contribution in [3.63, 3.8) is 0 Å². The number of aromatic hydroxyl groups is 1. The van der Waals surface area contributed by atoms with Crippen molar-refractivity contribution in [2.24, 2.45) is 0 Å². The van der Waals surface area contributed by atoms with Crippen molar-refractivity contribution in [1.82, 2.24) is 0 Å². The minimum absolute atomic E-state index is 0.0374. The Kier molecular flexibility index (Phi) is 4.82. The van der Waals surface area contributed by atoms with Crippen LogP contribution in [0.25, 0.3) is 11.1 Å². The van der Waals surface area contributed by atoms with E-state index in [1.54, 1.807) is 18.2 Å². The van der Waals surface area contributed by atoms with Crippen LogP contribution in [0.2, 0.25) is 0 Å². The standard InChI is InChI=1S/C24H21F2NO2/c1-24(25,26)18-8-5-16(6-9-18)21-12-11-20(28)14-22(21)23(29)27-19-10-7-15-3-2-4-17(15)13-19/h5-14,28H,2-4H2,1H3,(H,27,29). The molecule has 0 aromatic heterocycles. The van der Waals surface area contributed by atoms with Crippen molar-refractivity contribution in [3.05, 3.63) is 82.9 Å². The predicted octanol–water partition coefficient (Wildman–Crippen LogP) is 5.91. The number of phenolic OH excluding ortho intramolecular Hbond substituents is 1. The molecule has 2 N–H and O–H groups in total. The van der Waals surface area contributed by atoms with Crippen LogP contribution in [0.4, 0.5) is 14.5 Å². The number of carbonyl (C=O) groups is 1. The molecule has 4 rings (SSSR count). The molecule has 0 unspecified atom stereocenters. The quantitative estimate of drug-likeness (QED) is 0.579. The van der Waals surface area contributed by atoms with Gasteiger partial charge in [0.25, 0.3) is 11.8 Å². The molecule has 0 saturated heterocycles. The Labute approximate surface area is 168 Å². The number of nitrogens with one attached hydrogen (secondary N) is 1. The number of halogens is 2. The Morgan fingerprint density at radius 3 is 2.41 bits per heavy atom. The number of phenols is 1. The summed E-state index contributed by atoms with van der Waals surface area (Å²) in [4.78, 5) is 12.9. The maximum absolute atomic E-state index is 13.5. The van der Waals surface area contributed by atoms with Gasteiger partial charge in [-0.15, -0.1) is 0 Å². The van der Waals surface area contributed by atoms with E-state index in [1.165, 1.54) is 35.4 Å². The van der Waals surface area contributed by atoms with Gasteiger partial charge in [0.15, 0.2) is 0 Å². The summed E-state index contributed by atoms with van der Waals surface area (Å²) in [6.07, 6.45) is 3.19. The molecular weight excluding hydrogens is 372 g/mol. The zero-order valence-corrected chi connectivity index (χ0v) is 16.0. The van der Waals surface area contributed by atoms with E-state index < -0.39 is 5.92 Å². The highest BCUT2D eigenvalue weighted by Gasteiger charge is 2.24. The minimum Gasteiger partial charge on any atom is -0.508 e. The zero-order valence-electron chi connectivity index (χ0n) is 16.0. The van der Waals surface area contributed by atoms with E-state index in [4.69, 9.17) is 0 Å². The highest BCUT2D eigenvalue weighted by molar-refractivity contribution is 6.09. The molecule has 3 aromatic carbocycles. The lowest BCUT2D eigenvalue weighted by Crippen LogP contribution is -2.13. The number of hydrogen-bond acceptors (Lipinski definition) is 2. The van der Waals surface area contributed by atoms with Crippen LogP contribution >= 0.6 is 0 Å². The molecule has 0 heterocycles. The molecule has 1 aliphatic carbocycles. The fourth-order valence-electron chi connectivity index (χ4n) is 3.76. The van der Waals surface area contributed by atoms with Gasteiger partial charge in [-0.2, -0.15) is 0 Å². The zero-order chi connectivity index (χ0) is 20.6. The third-order valence-electron chi connectivity index (χ3n) is 5.31. The van der Waals surface area contributed by atoms with Crippen LogP contribution in [0.15, 0.2) is 60.7 Å². The number of fused-ring (bicyclic) bond motifs is 1. The van der Waals surface area contributed by atoms with Gasteiger partial charge in [-0.3, -0.25) is 4.79 Å². The largest absolute Gasteiger partial charge is 0.508 e. The number of aryl methyl sites for hydroxylation is 2. The molecule has 0 spiro atoms. The van der Waals surface area contributed by atoms with Crippen LogP contribution in [0.1, 0.15) is 40.4 Å². The van der Waals surface area contributed by atoms with E-state index in [-0.39, 0.29) is 22.8 Å². The minimum atomic E-state index is -2.93. The first-order chi connectivity index (χ1) is 13.8. The number of hydrogen-bond donors (Lipinski definition) is 2. The van der Waals surface area contributed by atoms with Crippen LogP contribution in [-0.4, -0.2) is 11.0 Å². The van der Waals surface area contributed by atoms with E-state index in [0.717, 1.165) is 26.2 Å². The lowest BCUT2D eigenvalue weighted by molar-refractivity contribution is 0.0175. The Balaban J connectivity index is 1.65. The molecule has 0 fully saturated rings. The molecule has 0 saturated carbocycles. The molecule has 1 amide bonds. The molecule has 29 heavy (non-hydrogen) atoms. The third-order valence-corrected chi connectivity index (χ3v) is 5.31.